The Hall–Kier alpha value is -2.29. The van der Waals surface area contributed by atoms with Gasteiger partial charge < -0.3 is 10.4 Å². The molecule has 3 nitrogen and oxygen atoms in total. The highest BCUT2D eigenvalue weighted by molar-refractivity contribution is 5.88. The molecule has 0 unspecified atom stereocenters. The number of hydrogen-bond donors (Lipinski definition) is 2. The number of nitrogens with one attached hydrogen (secondary N) is 1. The van der Waals surface area contributed by atoms with Gasteiger partial charge in [-0.15, -0.1) is 0 Å². The summed E-state index contributed by atoms with van der Waals surface area (Å²) in [4.78, 5) is 11.2. The molecule has 1 heterocycles. The first kappa shape index (κ1) is 16.2. The van der Waals surface area contributed by atoms with Crippen molar-refractivity contribution >= 4 is 11.7 Å². The topological polar surface area (TPSA) is 49.3 Å². The summed E-state index contributed by atoms with van der Waals surface area (Å²) in [6.45, 7) is 4.20. The van der Waals surface area contributed by atoms with Crippen LogP contribution in [0.5, 0.6) is 0 Å². The minimum atomic E-state index is -0.859. The highest BCUT2D eigenvalue weighted by Crippen LogP contribution is 2.51. The predicted molar refractivity (Wildman–Crippen MR) is 100 cm³/mol. The summed E-state index contributed by atoms with van der Waals surface area (Å²) < 4.78 is 0. The van der Waals surface area contributed by atoms with Crippen LogP contribution < -0.4 is 5.32 Å². The first-order valence-electron chi connectivity index (χ1n) is 9.25. The highest BCUT2D eigenvalue weighted by atomic mass is 16.4. The van der Waals surface area contributed by atoms with Gasteiger partial charge in [-0.05, 0) is 73.4 Å². The third-order valence-corrected chi connectivity index (χ3v) is 6.02. The molecule has 3 heteroatoms. The molecule has 1 aliphatic heterocycles. The van der Waals surface area contributed by atoms with Crippen LogP contribution in [0.1, 0.15) is 70.3 Å². The van der Waals surface area contributed by atoms with Gasteiger partial charge in [-0.2, -0.15) is 0 Å². The van der Waals surface area contributed by atoms with Gasteiger partial charge in [0.1, 0.15) is 0 Å². The van der Waals surface area contributed by atoms with E-state index in [2.05, 4.69) is 30.4 Å². The van der Waals surface area contributed by atoms with Crippen LogP contribution in [0.3, 0.4) is 0 Å². The van der Waals surface area contributed by atoms with Gasteiger partial charge in [0, 0.05) is 5.69 Å². The molecule has 130 valence electrons. The molecule has 2 aromatic rings. The SMILES string of the molecule is Cc1ccc2c(c1)[C@@H]1CCCC[C@@H]1[C@H](c1ccc(C(=O)O)cc1C)N2. The van der Waals surface area contributed by atoms with Gasteiger partial charge in [0.2, 0.25) is 0 Å². The highest BCUT2D eigenvalue weighted by Gasteiger charge is 2.39. The molecule has 0 bridgehead atoms. The number of hydrogen-bond acceptors (Lipinski definition) is 2. The molecular formula is C22H25NO2. The van der Waals surface area contributed by atoms with E-state index in [1.807, 2.05) is 19.1 Å². The van der Waals surface area contributed by atoms with Crippen molar-refractivity contribution in [2.45, 2.75) is 51.5 Å². The lowest BCUT2D eigenvalue weighted by atomic mass is 9.67. The number of rotatable bonds is 2. The minimum absolute atomic E-state index is 0.267. The fourth-order valence-corrected chi connectivity index (χ4v) is 4.81. The zero-order valence-electron chi connectivity index (χ0n) is 14.9. The summed E-state index contributed by atoms with van der Waals surface area (Å²) in [5, 5.41) is 13.0. The van der Waals surface area contributed by atoms with Crippen LogP contribution in [0.4, 0.5) is 5.69 Å². The fourth-order valence-electron chi connectivity index (χ4n) is 4.81. The molecule has 0 aromatic heterocycles. The normalized spacial score (nSPS) is 24.8. The lowest BCUT2D eigenvalue weighted by molar-refractivity contribution is 0.0696. The molecule has 2 N–H and O–H groups in total. The largest absolute Gasteiger partial charge is 0.478 e. The first-order valence-corrected chi connectivity index (χ1v) is 9.25. The summed E-state index contributed by atoms with van der Waals surface area (Å²) in [6.07, 6.45) is 5.08. The lowest BCUT2D eigenvalue weighted by Gasteiger charge is -2.44. The monoisotopic (exact) mass is 335 g/mol. The van der Waals surface area contributed by atoms with Crippen molar-refractivity contribution in [1.29, 1.82) is 0 Å². The number of benzene rings is 2. The molecule has 25 heavy (non-hydrogen) atoms. The van der Waals surface area contributed by atoms with Crippen LogP contribution in [0.15, 0.2) is 36.4 Å². The van der Waals surface area contributed by atoms with Gasteiger partial charge >= 0.3 is 5.97 Å². The Labute approximate surface area is 149 Å². The molecule has 2 aliphatic rings. The standard InChI is InChI=1S/C22H25NO2/c1-13-7-10-20-19(11-13)17-5-3-4-6-18(17)21(23-20)16-9-8-15(22(24)25)12-14(16)2/h7-12,17-18,21,23H,3-6H2,1-2H3,(H,24,25)/t17-,18+,21+/m1/s1. The molecule has 0 radical (unpaired) electrons. The molecule has 2 aromatic carbocycles. The number of fused-ring (bicyclic) bond motifs is 3. The zero-order chi connectivity index (χ0) is 17.6. The van der Waals surface area contributed by atoms with Gasteiger partial charge in [-0.3, -0.25) is 0 Å². The van der Waals surface area contributed by atoms with Crippen molar-refractivity contribution in [3.63, 3.8) is 0 Å². The van der Waals surface area contributed by atoms with E-state index in [4.69, 9.17) is 0 Å². The third kappa shape index (κ3) is 2.82. The van der Waals surface area contributed by atoms with Crippen molar-refractivity contribution < 1.29 is 9.90 Å². The summed E-state index contributed by atoms with van der Waals surface area (Å²) in [6, 6.07) is 12.6. The molecule has 0 amide bonds. The van der Waals surface area contributed by atoms with Crippen molar-refractivity contribution in [2.75, 3.05) is 5.32 Å². The van der Waals surface area contributed by atoms with Gasteiger partial charge in [0.25, 0.3) is 0 Å². The van der Waals surface area contributed by atoms with Gasteiger partial charge in [-0.1, -0.05) is 36.6 Å². The summed E-state index contributed by atoms with van der Waals surface area (Å²) in [5.41, 5.74) is 6.73. The smallest absolute Gasteiger partial charge is 0.335 e. The average Bonchev–Trinajstić information content (AvgIpc) is 2.61. The number of carboxylic acids is 1. The second-order valence-electron chi connectivity index (χ2n) is 7.64. The van der Waals surface area contributed by atoms with Crippen LogP contribution >= 0.6 is 0 Å². The Morgan fingerprint density at radius 1 is 1.04 bits per heavy atom. The van der Waals surface area contributed by atoms with Gasteiger partial charge in [-0.25, -0.2) is 4.79 Å². The molecule has 0 spiro atoms. The van der Waals surface area contributed by atoms with E-state index in [1.54, 1.807) is 6.07 Å². The molecule has 1 saturated carbocycles. The predicted octanol–water partition coefficient (Wildman–Crippen LogP) is 5.44. The Balaban J connectivity index is 1.77. The number of carboxylic acid groups (broad SMARTS) is 1. The number of carbonyl (C=O) groups is 1. The van der Waals surface area contributed by atoms with E-state index < -0.39 is 5.97 Å². The zero-order valence-corrected chi connectivity index (χ0v) is 14.9. The maximum absolute atomic E-state index is 11.2. The van der Waals surface area contributed by atoms with Crippen LogP contribution in [-0.4, -0.2) is 11.1 Å². The van der Waals surface area contributed by atoms with Crippen molar-refractivity contribution in [2.24, 2.45) is 5.92 Å². The van der Waals surface area contributed by atoms with Crippen LogP contribution in [0, 0.1) is 19.8 Å². The molecule has 1 fully saturated rings. The molecule has 0 saturated heterocycles. The van der Waals surface area contributed by atoms with E-state index in [-0.39, 0.29) is 6.04 Å². The lowest BCUT2D eigenvalue weighted by Crippen LogP contribution is -2.34. The van der Waals surface area contributed by atoms with E-state index in [0.717, 1.165) is 5.56 Å². The van der Waals surface area contributed by atoms with E-state index in [1.165, 1.54) is 48.1 Å². The molecule has 1 aliphatic carbocycles. The van der Waals surface area contributed by atoms with Crippen molar-refractivity contribution in [3.8, 4) is 0 Å². The Morgan fingerprint density at radius 3 is 2.60 bits per heavy atom. The maximum Gasteiger partial charge on any atom is 0.335 e. The average molecular weight is 335 g/mol. The molecule has 4 rings (SSSR count). The molecular weight excluding hydrogens is 310 g/mol. The van der Waals surface area contributed by atoms with Crippen LogP contribution in [0.2, 0.25) is 0 Å². The fraction of sp³-hybridized carbons (Fsp3) is 0.409. The molecule has 3 atom stereocenters. The van der Waals surface area contributed by atoms with Crippen LogP contribution in [0.25, 0.3) is 0 Å². The van der Waals surface area contributed by atoms with E-state index >= 15 is 0 Å². The van der Waals surface area contributed by atoms with Gasteiger partial charge in [0.05, 0.1) is 11.6 Å². The number of anilines is 1. The first-order chi connectivity index (χ1) is 12.0. The van der Waals surface area contributed by atoms with E-state index in [0.29, 0.717) is 17.4 Å². The van der Waals surface area contributed by atoms with Gasteiger partial charge in [0.15, 0.2) is 0 Å². The number of aromatic carboxylic acids is 1. The summed E-state index contributed by atoms with van der Waals surface area (Å²) in [7, 11) is 0. The Bertz CT molecular complexity index is 827. The second kappa shape index (κ2) is 6.21. The number of aryl methyl sites for hydroxylation is 2. The summed E-state index contributed by atoms with van der Waals surface area (Å²) in [5.74, 6) is 0.327. The second-order valence-corrected chi connectivity index (χ2v) is 7.64. The quantitative estimate of drug-likeness (QED) is 0.768. The Kier molecular flexibility index (Phi) is 4.03. The van der Waals surface area contributed by atoms with E-state index in [9.17, 15) is 9.90 Å². The Morgan fingerprint density at radius 2 is 1.84 bits per heavy atom. The minimum Gasteiger partial charge on any atom is -0.478 e. The maximum atomic E-state index is 11.2. The van der Waals surface area contributed by atoms with Crippen LogP contribution in [-0.2, 0) is 0 Å². The van der Waals surface area contributed by atoms with Crippen molar-refractivity contribution in [3.05, 3.63) is 64.2 Å². The third-order valence-electron chi connectivity index (χ3n) is 6.02. The van der Waals surface area contributed by atoms with Crippen molar-refractivity contribution in [1.82, 2.24) is 0 Å². The summed E-state index contributed by atoms with van der Waals surface area (Å²) >= 11 is 0.